The van der Waals surface area contributed by atoms with Crippen LogP contribution in [0.15, 0.2) is 63.9 Å². The van der Waals surface area contributed by atoms with Gasteiger partial charge in [0.2, 0.25) is 0 Å². The number of nitrogens with zero attached hydrogens (tertiary/aromatic N) is 1. The number of hydrogen-bond acceptors (Lipinski definition) is 3. The maximum absolute atomic E-state index is 12.7. The van der Waals surface area contributed by atoms with Gasteiger partial charge in [-0.3, -0.25) is 0 Å². The number of halogens is 1. The molecular formula is C18H20INO3S. The fourth-order valence-corrected chi connectivity index (χ4v) is 10.6. The van der Waals surface area contributed by atoms with Crippen molar-refractivity contribution in [3.63, 3.8) is 0 Å². The number of hydrogen-bond donors (Lipinski definition) is 0. The van der Waals surface area contributed by atoms with Crippen LogP contribution in [-0.2, 0) is 10.0 Å². The van der Waals surface area contributed by atoms with Crippen LogP contribution in [-0.4, -0.2) is 23.7 Å². The van der Waals surface area contributed by atoms with E-state index in [0.717, 1.165) is 21.0 Å². The molecule has 3 rings (SSSR count). The van der Waals surface area contributed by atoms with E-state index in [2.05, 4.69) is 16.5 Å². The first-order valence-electron chi connectivity index (χ1n) is 7.79. The molecule has 1 aliphatic rings. The Morgan fingerprint density at radius 2 is 1.71 bits per heavy atom. The van der Waals surface area contributed by atoms with Gasteiger partial charge >= 0.3 is 151 Å². The standard InChI is InChI=1S/C18H20INO3S/c1-23-16-10-12-17(13-11-16)24(21,22)20-18-9-5-6-14-19(18)15-7-3-2-4-8-15/h2-4,7-8,10-13H,5-6,9,14H2,1H3. The Labute approximate surface area is 150 Å². The molecule has 128 valence electrons. The molecule has 24 heavy (non-hydrogen) atoms. The molecule has 0 radical (unpaired) electrons. The average molecular weight is 457 g/mol. The zero-order chi connectivity index (χ0) is 17.0. The van der Waals surface area contributed by atoms with E-state index in [0.29, 0.717) is 5.75 Å². The molecule has 2 aromatic rings. The molecule has 0 unspecified atom stereocenters. The van der Waals surface area contributed by atoms with Gasteiger partial charge in [-0.1, -0.05) is 0 Å². The van der Waals surface area contributed by atoms with Crippen molar-refractivity contribution in [2.75, 3.05) is 11.5 Å². The van der Waals surface area contributed by atoms with Crippen LogP contribution in [0, 0.1) is 3.57 Å². The first-order valence-corrected chi connectivity index (χ1v) is 12.9. The molecule has 2 aromatic carbocycles. The zero-order valence-corrected chi connectivity index (χ0v) is 16.5. The number of sulfonamides is 1. The van der Waals surface area contributed by atoms with E-state index < -0.39 is 29.8 Å². The molecule has 1 heterocycles. The third kappa shape index (κ3) is 3.97. The molecule has 0 amide bonds. The normalized spacial score (nSPS) is 18.5. The Morgan fingerprint density at radius 3 is 2.38 bits per heavy atom. The summed E-state index contributed by atoms with van der Waals surface area (Å²) < 4.78 is 38.0. The first-order chi connectivity index (χ1) is 11.6. The van der Waals surface area contributed by atoms with E-state index >= 15 is 0 Å². The van der Waals surface area contributed by atoms with Crippen molar-refractivity contribution in [2.45, 2.75) is 24.2 Å². The second kappa shape index (κ2) is 7.65. The van der Waals surface area contributed by atoms with Crippen LogP contribution in [0.1, 0.15) is 19.3 Å². The molecule has 0 aliphatic carbocycles. The molecule has 0 saturated carbocycles. The Morgan fingerprint density at radius 1 is 1.00 bits per heavy atom. The second-order valence-electron chi connectivity index (χ2n) is 5.42. The molecule has 1 saturated heterocycles. The van der Waals surface area contributed by atoms with Crippen LogP contribution >= 0.6 is 19.8 Å². The van der Waals surface area contributed by atoms with Crippen molar-refractivity contribution in [1.82, 2.24) is 0 Å². The second-order valence-corrected chi connectivity index (χ2v) is 12.7. The number of rotatable bonds is 4. The topological polar surface area (TPSA) is 55.7 Å². The predicted molar refractivity (Wildman–Crippen MR) is 105 cm³/mol. The van der Waals surface area contributed by atoms with Gasteiger partial charge in [-0.15, -0.1) is 0 Å². The van der Waals surface area contributed by atoms with Gasteiger partial charge in [0.15, 0.2) is 0 Å². The van der Waals surface area contributed by atoms with Crippen molar-refractivity contribution in [3.8, 4) is 5.75 Å². The van der Waals surface area contributed by atoms with Crippen LogP contribution < -0.4 is 4.74 Å². The third-order valence-corrected chi connectivity index (χ3v) is 11.8. The Balaban J connectivity index is 1.94. The monoisotopic (exact) mass is 457 g/mol. The number of benzene rings is 2. The van der Waals surface area contributed by atoms with E-state index in [1.165, 1.54) is 9.99 Å². The maximum atomic E-state index is 12.7. The summed E-state index contributed by atoms with van der Waals surface area (Å²) in [5.41, 5.74) is 0. The van der Waals surface area contributed by atoms with E-state index in [-0.39, 0.29) is 4.90 Å². The Bertz CT molecular complexity index is 817. The van der Waals surface area contributed by atoms with Crippen molar-refractivity contribution in [2.24, 2.45) is 4.40 Å². The molecule has 0 bridgehead atoms. The Hall–Kier alpha value is -1.41. The molecule has 0 aromatic heterocycles. The summed E-state index contributed by atoms with van der Waals surface area (Å²) in [6.45, 7) is 0. The van der Waals surface area contributed by atoms with E-state index in [9.17, 15) is 8.42 Å². The summed E-state index contributed by atoms with van der Waals surface area (Å²) in [5, 5.41) is 0. The van der Waals surface area contributed by atoms with Crippen molar-refractivity contribution in [3.05, 3.63) is 58.2 Å². The fourth-order valence-electron chi connectivity index (χ4n) is 2.54. The van der Waals surface area contributed by atoms with Crippen molar-refractivity contribution in [1.29, 1.82) is 0 Å². The predicted octanol–water partition coefficient (Wildman–Crippen LogP) is 4.34. The number of methoxy groups -OCH3 is 1. The van der Waals surface area contributed by atoms with E-state index in [1.54, 1.807) is 31.4 Å². The van der Waals surface area contributed by atoms with Gasteiger partial charge in [0.05, 0.1) is 0 Å². The summed E-state index contributed by atoms with van der Waals surface area (Å²) in [4.78, 5) is 0.227. The summed E-state index contributed by atoms with van der Waals surface area (Å²) in [6.07, 6.45) is 2.99. The summed E-state index contributed by atoms with van der Waals surface area (Å²) in [6, 6.07) is 16.7. The van der Waals surface area contributed by atoms with E-state index in [4.69, 9.17) is 4.74 Å². The van der Waals surface area contributed by atoms with Gasteiger partial charge in [-0.05, 0) is 0 Å². The van der Waals surface area contributed by atoms with Gasteiger partial charge < -0.3 is 0 Å². The molecule has 0 atom stereocenters. The van der Waals surface area contributed by atoms with Crippen LogP contribution in [0.4, 0.5) is 0 Å². The summed E-state index contributed by atoms with van der Waals surface area (Å²) >= 11 is -1.70. The minimum atomic E-state index is -3.65. The van der Waals surface area contributed by atoms with Gasteiger partial charge in [0, 0.05) is 0 Å². The molecule has 4 nitrogen and oxygen atoms in total. The number of alkyl halides is 1. The van der Waals surface area contributed by atoms with Gasteiger partial charge in [-0.25, -0.2) is 0 Å². The molecule has 1 fully saturated rings. The molecule has 6 heteroatoms. The van der Waals surface area contributed by atoms with Gasteiger partial charge in [-0.2, -0.15) is 0 Å². The average Bonchev–Trinajstić information content (AvgIpc) is 2.63. The fraction of sp³-hybridized carbons (Fsp3) is 0.278. The third-order valence-electron chi connectivity index (χ3n) is 3.79. The van der Waals surface area contributed by atoms with E-state index in [1.807, 2.05) is 18.2 Å². The molecular weight excluding hydrogens is 437 g/mol. The van der Waals surface area contributed by atoms with Crippen LogP contribution in [0.3, 0.4) is 0 Å². The number of ether oxygens (including phenoxy) is 1. The van der Waals surface area contributed by atoms with Crippen LogP contribution in [0.25, 0.3) is 0 Å². The molecule has 1 aliphatic heterocycles. The first kappa shape index (κ1) is 17.4. The Kier molecular flexibility index (Phi) is 5.55. The SMILES string of the molecule is COc1ccc(S(=O)(=O)N=C2CCCCI2c2ccccc2)cc1. The summed E-state index contributed by atoms with van der Waals surface area (Å²) in [5.74, 6) is 0.636. The van der Waals surface area contributed by atoms with Crippen LogP contribution in [0.2, 0.25) is 0 Å². The van der Waals surface area contributed by atoms with Crippen molar-refractivity contribution < 1.29 is 13.2 Å². The minimum absolute atomic E-state index is 0.227. The molecule has 0 spiro atoms. The van der Waals surface area contributed by atoms with Gasteiger partial charge in [0.1, 0.15) is 0 Å². The van der Waals surface area contributed by atoms with Crippen LogP contribution in [0.5, 0.6) is 5.75 Å². The summed E-state index contributed by atoms with van der Waals surface area (Å²) in [7, 11) is -2.10. The van der Waals surface area contributed by atoms with Gasteiger partial charge in [0.25, 0.3) is 0 Å². The quantitative estimate of drug-likeness (QED) is 0.507. The zero-order valence-electron chi connectivity index (χ0n) is 13.5. The van der Waals surface area contributed by atoms with Crippen molar-refractivity contribution >= 4 is 33.6 Å². The molecule has 0 N–H and O–H groups in total.